The number of ether oxygens (including phenoxy) is 4. The third-order valence-corrected chi connectivity index (χ3v) is 5.09. The average molecular weight is 433 g/mol. The Kier molecular flexibility index (Phi) is 7.47. The van der Waals surface area contributed by atoms with Crippen LogP contribution in [0.1, 0.15) is 0 Å². The van der Waals surface area contributed by atoms with Gasteiger partial charge in [0.15, 0.2) is 6.29 Å². The van der Waals surface area contributed by atoms with Gasteiger partial charge in [-0.1, -0.05) is 0 Å². The number of benzene rings is 1. The zero-order valence-electron chi connectivity index (χ0n) is 15.8. The summed E-state index contributed by atoms with van der Waals surface area (Å²) in [6, 6.07) is 6.19. The molecule has 0 aliphatic carbocycles. The molecule has 2 saturated heterocycles. The van der Waals surface area contributed by atoms with Crippen LogP contribution in [-0.4, -0.2) is 110 Å². The van der Waals surface area contributed by atoms with Gasteiger partial charge in [0.1, 0.15) is 54.6 Å². The maximum absolute atomic E-state index is 10.5. The van der Waals surface area contributed by atoms with Crippen molar-refractivity contribution in [3.63, 3.8) is 0 Å². The van der Waals surface area contributed by atoms with Crippen LogP contribution < -0.4 is 10.5 Å². The van der Waals surface area contributed by atoms with Gasteiger partial charge in [-0.25, -0.2) is 0 Å². The summed E-state index contributed by atoms with van der Waals surface area (Å²) >= 11 is 0. The van der Waals surface area contributed by atoms with Crippen LogP contribution >= 0.6 is 0 Å². The van der Waals surface area contributed by atoms with Crippen LogP contribution in [0.4, 0.5) is 5.69 Å². The molecule has 2 aliphatic rings. The lowest BCUT2D eigenvalue weighted by molar-refractivity contribution is -0.352. The summed E-state index contributed by atoms with van der Waals surface area (Å²) in [6.07, 6.45) is -15.0. The third-order valence-electron chi connectivity index (χ3n) is 5.09. The highest BCUT2D eigenvalue weighted by Crippen LogP contribution is 2.30. The van der Waals surface area contributed by atoms with Crippen molar-refractivity contribution in [3.8, 4) is 5.75 Å². The molecule has 12 heteroatoms. The number of nitrogen functional groups attached to an aromatic ring is 1. The second-order valence-electron chi connectivity index (χ2n) is 7.19. The van der Waals surface area contributed by atoms with Crippen molar-refractivity contribution in [2.24, 2.45) is 0 Å². The van der Waals surface area contributed by atoms with Gasteiger partial charge in [0.25, 0.3) is 0 Å². The minimum atomic E-state index is -1.73. The van der Waals surface area contributed by atoms with E-state index in [1.54, 1.807) is 12.1 Å². The van der Waals surface area contributed by atoms with Gasteiger partial charge in [-0.2, -0.15) is 0 Å². The van der Waals surface area contributed by atoms with E-state index in [2.05, 4.69) is 0 Å². The third kappa shape index (κ3) is 4.68. The van der Waals surface area contributed by atoms with E-state index in [0.29, 0.717) is 11.4 Å². The lowest BCUT2D eigenvalue weighted by Gasteiger charge is -2.45. The van der Waals surface area contributed by atoms with Crippen LogP contribution in [0.3, 0.4) is 0 Å². The summed E-state index contributed by atoms with van der Waals surface area (Å²) in [5, 5.41) is 69.7. The second-order valence-corrected chi connectivity index (χ2v) is 7.19. The maximum atomic E-state index is 10.5. The number of hydrogen-bond donors (Lipinski definition) is 8. The quantitative estimate of drug-likeness (QED) is 0.204. The molecule has 0 saturated carbocycles. The molecular formula is C18H27NO11. The topological polar surface area (TPSA) is 205 Å². The van der Waals surface area contributed by atoms with Gasteiger partial charge < -0.3 is 60.4 Å². The van der Waals surface area contributed by atoms with E-state index in [4.69, 9.17) is 24.7 Å². The second kappa shape index (κ2) is 9.70. The van der Waals surface area contributed by atoms with Crippen molar-refractivity contribution in [1.82, 2.24) is 0 Å². The monoisotopic (exact) mass is 433 g/mol. The number of aliphatic hydroxyl groups is 7. The van der Waals surface area contributed by atoms with Gasteiger partial charge in [0.05, 0.1) is 13.2 Å². The van der Waals surface area contributed by atoms with E-state index in [9.17, 15) is 35.7 Å². The number of rotatable bonds is 6. The predicted molar refractivity (Wildman–Crippen MR) is 97.9 cm³/mol. The first-order valence-corrected chi connectivity index (χ1v) is 9.37. The van der Waals surface area contributed by atoms with Crippen LogP contribution in [0.25, 0.3) is 0 Å². The zero-order valence-corrected chi connectivity index (χ0v) is 15.8. The summed E-state index contributed by atoms with van der Waals surface area (Å²) in [5.41, 5.74) is 6.10. The van der Waals surface area contributed by atoms with Crippen LogP contribution in [0.5, 0.6) is 5.75 Å². The minimum absolute atomic E-state index is 0.297. The normalized spacial score (nSPS) is 42.1. The Morgan fingerprint density at radius 1 is 0.733 bits per heavy atom. The van der Waals surface area contributed by atoms with Crippen molar-refractivity contribution in [1.29, 1.82) is 0 Å². The lowest BCUT2D eigenvalue weighted by atomic mass is 9.97. The molecule has 1 aromatic carbocycles. The molecule has 2 heterocycles. The molecule has 2 fully saturated rings. The molecule has 0 radical (unpaired) electrons. The zero-order chi connectivity index (χ0) is 22.0. The molecule has 30 heavy (non-hydrogen) atoms. The Morgan fingerprint density at radius 3 is 1.90 bits per heavy atom. The molecule has 1 aromatic rings. The van der Waals surface area contributed by atoms with E-state index in [1.165, 1.54) is 12.1 Å². The lowest BCUT2D eigenvalue weighted by Crippen LogP contribution is -2.65. The van der Waals surface area contributed by atoms with E-state index >= 15 is 0 Å². The minimum Gasteiger partial charge on any atom is -0.462 e. The molecule has 170 valence electrons. The van der Waals surface area contributed by atoms with Gasteiger partial charge in [-0.3, -0.25) is 0 Å². The molecule has 0 spiro atoms. The summed E-state index contributed by atoms with van der Waals surface area (Å²) in [5.74, 6) is 0.297. The van der Waals surface area contributed by atoms with Crippen molar-refractivity contribution in [3.05, 3.63) is 24.3 Å². The van der Waals surface area contributed by atoms with E-state index < -0.39 is 74.6 Å². The first kappa shape index (κ1) is 23.1. The van der Waals surface area contributed by atoms with Crippen LogP contribution in [0.15, 0.2) is 24.3 Å². The SMILES string of the molecule is Nc1ccc(O[C@@H]2O[C@H](CO)[C@@H](O[C@@H]3O[C@@H](CO)[C@@H](O)[C@H](O)[C@H]3O)[C@H](O)[C@H]2O)cc1. The van der Waals surface area contributed by atoms with Crippen LogP contribution in [-0.2, 0) is 14.2 Å². The first-order valence-electron chi connectivity index (χ1n) is 9.37. The standard InChI is InChI=1S/C18H27NO11/c19-7-1-3-8(4-2-7)27-17-15(26)13(24)16(10(6-21)29-17)30-18-14(25)12(23)11(22)9(5-20)28-18/h1-4,9-18,20-26H,5-6,19H2/t9-,10+,11+,12-,13+,14+,15+,16+,17+,18-/m0/s1. The van der Waals surface area contributed by atoms with Crippen LogP contribution in [0, 0.1) is 0 Å². The van der Waals surface area contributed by atoms with E-state index in [0.717, 1.165) is 0 Å². The fourth-order valence-corrected chi connectivity index (χ4v) is 3.33. The Morgan fingerprint density at radius 2 is 1.30 bits per heavy atom. The van der Waals surface area contributed by atoms with Crippen molar-refractivity contribution >= 4 is 5.69 Å². The Balaban J connectivity index is 1.71. The van der Waals surface area contributed by atoms with Crippen molar-refractivity contribution < 1.29 is 54.7 Å². The Bertz CT molecular complexity index is 673. The summed E-state index contributed by atoms with van der Waals surface area (Å²) in [4.78, 5) is 0. The number of nitrogens with two attached hydrogens (primary N) is 1. The molecule has 9 N–H and O–H groups in total. The molecule has 0 bridgehead atoms. The molecule has 3 rings (SSSR count). The molecule has 0 unspecified atom stereocenters. The fourth-order valence-electron chi connectivity index (χ4n) is 3.33. The van der Waals surface area contributed by atoms with Gasteiger partial charge in [-0.05, 0) is 24.3 Å². The molecule has 0 amide bonds. The molecule has 2 aliphatic heterocycles. The van der Waals surface area contributed by atoms with Gasteiger partial charge in [0.2, 0.25) is 6.29 Å². The number of anilines is 1. The number of hydrogen-bond acceptors (Lipinski definition) is 12. The average Bonchev–Trinajstić information content (AvgIpc) is 2.74. The smallest absolute Gasteiger partial charge is 0.229 e. The molecule has 12 nitrogen and oxygen atoms in total. The fraction of sp³-hybridized carbons (Fsp3) is 0.667. The van der Waals surface area contributed by atoms with Crippen molar-refractivity contribution in [2.75, 3.05) is 18.9 Å². The van der Waals surface area contributed by atoms with Crippen molar-refractivity contribution in [2.45, 2.75) is 61.4 Å². The summed E-state index contributed by atoms with van der Waals surface area (Å²) < 4.78 is 21.7. The molecular weight excluding hydrogens is 406 g/mol. The molecule has 0 aromatic heterocycles. The highest BCUT2D eigenvalue weighted by atomic mass is 16.7. The summed E-state index contributed by atoms with van der Waals surface area (Å²) in [7, 11) is 0. The summed E-state index contributed by atoms with van der Waals surface area (Å²) in [6.45, 7) is -1.31. The van der Waals surface area contributed by atoms with E-state index in [-0.39, 0.29) is 0 Å². The van der Waals surface area contributed by atoms with Gasteiger partial charge in [-0.15, -0.1) is 0 Å². The maximum Gasteiger partial charge on any atom is 0.229 e. The van der Waals surface area contributed by atoms with Gasteiger partial charge >= 0.3 is 0 Å². The van der Waals surface area contributed by atoms with Crippen LogP contribution in [0.2, 0.25) is 0 Å². The Labute approximate surface area is 171 Å². The molecule has 10 atom stereocenters. The van der Waals surface area contributed by atoms with E-state index in [1.807, 2.05) is 0 Å². The highest BCUT2D eigenvalue weighted by Gasteiger charge is 2.51. The largest absolute Gasteiger partial charge is 0.462 e. The van der Waals surface area contributed by atoms with Gasteiger partial charge in [0, 0.05) is 5.69 Å². The highest BCUT2D eigenvalue weighted by molar-refractivity contribution is 5.41. The number of aliphatic hydroxyl groups excluding tert-OH is 7. The predicted octanol–water partition coefficient (Wildman–Crippen LogP) is -3.73. The Hall–Kier alpha value is -1.58. The first-order chi connectivity index (χ1) is 14.3.